The van der Waals surface area contributed by atoms with Crippen LogP contribution in [-0.4, -0.2) is 47.8 Å². The molecule has 7 nitrogen and oxygen atoms in total. The van der Waals surface area contributed by atoms with Gasteiger partial charge in [-0.15, -0.1) is 0 Å². The van der Waals surface area contributed by atoms with E-state index in [4.69, 9.17) is 21.1 Å². The highest BCUT2D eigenvalue weighted by molar-refractivity contribution is 7.92. The van der Waals surface area contributed by atoms with Crippen molar-refractivity contribution in [2.24, 2.45) is 0 Å². The van der Waals surface area contributed by atoms with Gasteiger partial charge in [0, 0.05) is 41.4 Å². The number of halogens is 1. The molecular weight excluding hydrogens is 486 g/mol. The van der Waals surface area contributed by atoms with Crippen molar-refractivity contribution < 1.29 is 17.9 Å². The third-order valence-corrected chi connectivity index (χ3v) is 7.60. The smallest absolute Gasteiger partial charge is 0.262 e. The second-order valence-electron chi connectivity index (χ2n) is 8.73. The van der Waals surface area contributed by atoms with Gasteiger partial charge in [-0.05, 0) is 67.9 Å². The molecular formula is C26H30ClN3O4S. The van der Waals surface area contributed by atoms with E-state index in [1.54, 1.807) is 55.6 Å². The molecule has 1 fully saturated rings. The summed E-state index contributed by atoms with van der Waals surface area (Å²) in [4.78, 5) is 2.38. The lowest BCUT2D eigenvalue weighted by Gasteiger charge is -2.38. The molecule has 3 aromatic carbocycles. The fraction of sp³-hybridized carbons (Fsp3) is 0.308. The Hall–Kier alpha value is -2.94. The monoisotopic (exact) mass is 515 g/mol. The van der Waals surface area contributed by atoms with Gasteiger partial charge in [-0.3, -0.25) is 4.72 Å². The summed E-state index contributed by atoms with van der Waals surface area (Å²) >= 11 is 6.15. The van der Waals surface area contributed by atoms with Crippen LogP contribution in [0, 0.1) is 0 Å². The van der Waals surface area contributed by atoms with Crippen LogP contribution in [-0.2, 0) is 10.0 Å². The molecule has 0 unspecified atom stereocenters. The van der Waals surface area contributed by atoms with E-state index in [0.29, 0.717) is 34.3 Å². The van der Waals surface area contributed by atoms with E-state index in [-0.39, 0.29) is 4.90 Å². The molecule has 2 atom stereocenters. The van der Waals surface area contributed by atoms with Crippen LogP contribution < -0.4 is 24.4 Å². The van der Waals surface area contributed by atoms with Gasteiger partial charge in [-0.25, -0.2) is 8.42 Å². The van der Waals surface area contributed by atoms with E-state index < -0.39 is 10.0 Å². The number of methoxy groups -OCH3 is 2. The van der Waals surface area contributed by atoms with Crippen molar-refractivity contribution >= 4 is 33.0 Å². The molecule has 0 bridgehead atoms. The first kappa shape index (κ1) is 25.2. The number of piperazine rings is 1. The molecule has 1 saturated heterocycles. The minimum Gasteiger partial charge on any atom is -0.496 e. The summed E-state index contributed by atoms with van der Waals surface area (Å²) in [6, 6.07) is 18.1. The van der Waals surface area contributed by atoms with E-state index in [9.17, 15) is 8.42 Å². The number of rotatable bonds is 7. The lowest BCUT2D eigenvalue weighted by molar-refractivity contribution is 0.406. The zero-order valence-electron chi connectivity index (χ0n) is 20.2. The SMILES string of the molecule is COc1ccc(N2C[C@@H](C)N[C@@H](C)C2)cc1NS(=O)(=O)c1ccc(-c2cc(Cl)ccc2OC)cc1. The summed E-state index contributed by atoms with van der Waals surface area (Å²) in [6.45, 7) is 5.94. The van der Waals surface area contributed by atoms with Gasteiger partial charge in [0.15, 0.2) is 0 Å². The lowest BCUT2D eigenvalue weighted by Crippen LogP contribution is -2.54. The first-order valence-corrected chi connectivity index (χ1v) is 13.2. The largest absolute Gasteiger partial charge is 0.496 e. The minimum atomic E-state index is -3.86. The van der Waals surface area contributed by atoms with Crippen LogP contribution in [0.5, 0.6) is 11.5 Å². The normalized spacial score (nSPS) is 18.3. The maximum Gasteiger partial charge on any atom is 0.262 e. The minimum absolute atomic E-state index is 0.138. The standard InChI is InChI=1S/C26H30ClN3O4S/c1-17-15-30(16-18(2)28-17)21-8-12-26(34-4)24(14-21)29-35(31,32)22-9-5-19(6-10-22)23-13-20(27)7-11-25(23)33-3/h5-14,17-18,28-29H,15-16H2,1-4H3/t17-,18+. The van der Waals surface area contributed by atoms with Gasteiger partial charge in [0.1, 0.15) is 11.5 Å². The summed E-state index contributed by atoms with van der Waals surface area (Å²) in [5, 5.41) is 4.08. The Balaban J connectivity index is 1.61. The van der Waals surface area contributed by atoms with Gasteiger partial charge in [0.25, 0.3) is 10.0 Å². The quantitative estimate of drug-likeness (QED) is 0.460. The van der Waals surface area contributed by atoms with Crippen LogP contribution in [0.15, 0.2) is 65.6 Å². The second kappa shape index (κ2) is 10.4. The number of hydrogen-bond donors (Lipinski definition) is 2. The van der Waals surface area contributed by atoms with Gasteiger partial charge < -0.3 is 19.7 Å². The Kier molecular flexibility index (Phi) is 7.44. The molecule has 0 saturated carbocycles. The molecule has 2 N–H and O–H groups in total. The lowest BCUT2D eigenvalue weighted by atomic mass is 10.0. The van der Waals surface area contributed by atoms with Gasteiger partial charge in [-0.2, -0.15) is 0 Å². The Morgan fingerprint density at radius 3 is 2.17 bits per heavy atom. The molecule has 0 radical (unpaired) electrons. The summed E-state index contributed by atoms with van der Waals surface area (Å²) < 4.78 is 40.1. The van der Waals surface area contributed by atoms with E-state index >= 15 is 0 Å². The average molecular weight is 516 g/mol. The van der Waals surface area contributed by atoms with Crippen LogP contribution in [0.4, 0.5) is 11.4 Å². The number of nitrogens with one attached hydrogen (secondary N) is 2. The predicted molar refractivity (Wildman–Crippen MR) is 142 cm³/mol. The van der Waals surface area contributed by atoms with Crippen LogP contribution in [0.3, 0.4) is 0 Å². The predicted octanol–water partition coefficient (Wildman–Crippen LogP) is 5.01. The summed E-state index contributed by atoms with van der Waals surface area (Å²) in [6.07, 6.45) is 0. The van der Waals surface area contributed by atoms with Crippen molar-refractivity contribution in [3.63, 3.8) is 0 Å². The Labute approximate surface area is 212 Å². The molecule has 0 spiro atoms. The fourth-order valence-corrected chi connectivity index (χ4v) is 5.67. The Bertz CT molecular complexity index is 1290. The number of sulfonamides is 1. The summed E-state index contributed by atoms with van der Waals surface area (Å²) in [5.74, 6) is 1.11. The van der Waals surface area contributed by atoms with Crippen LogP contribution in [0.2, 0.25) is 5.02 Å². The summed E-state index contributed by atoms with van der Waals surface area (Å²) in [5.41, 5.74) is 2.91. The summed E-state index contributed by atoms with van der Waals surface area (Å²) in [7, 11) is -0.751. The molecule has 1 heterocycles. The molecule has 1 aliphatic heterocycles. The van der Waals surface area contributed by atoms with Gasteiger partial charge in [0.2, 0.25) is 0 Å². The molecule has 0 aromatic heterocycles. The second-order valence-corrected chi connectivity index (χ2v) is 10.9. The van der Waals surface area contributed by atoms with Crippen LogP contribution in [0.25, 0.3) is 11.1 Å². The van der Waals surface area contributed by atoms with Crippen molar-refractivity contribution in [2.45, 2.75) is 30.8 Å². The highest BCUT2D eigenvalue weighted by Crippen LogP contribution is 2.35. The van der Waals surface area contributed by atoms with E-state index in [1.165, 1.54) is 7.11 Å². The number of nitrogens with zero attached hydrogens (tertiary/aromatic N) is 1. The highest BCUT2D eigenvalue weighted by Gasteiger charge is 2.23. The number of hydrogen-bond acceptors (Lipinski definition) is 6. The maximum atomic E-state index is 13.3. The van der Waals surface area contributed by atoms with Crippen LogP contribution in [0.1, 0.15) is 13.8 Å². The fourth-order valence-electron chi connectivity index (χ4n) is 4.43. The van der Waals surface area contributed by atoms with Crippen LogP contribution >= 0.6 is 11.6 Å². The molecule has 0 amide bonds. The topological polar surface area (TPSA) is 79.9 Å². The van der Waals surface area contributed by atoms with E-state index in [1.807, 2.05) is 12.1 Å². The molecule has 4 rings (SSSR count). The number of benzene rings is 3. The maximum absolute atomic E-state index is 13.3. The van der Waals surface area contributed by atoms with E-state index in [0.717, 1.165) is 29.9 Å². The van der Waals surface area contributed by atoms with E-state index in [2.05, 4.69) is 28.8 Å². The third-order valence-electron chi connectivity index (χ3n) is 5.99. The number of ether oxygens (including phenoxy) is 2. The number of anilines is 2. The van der Waals surface area contributed by atoms with Crippen molar-refractivity contribution in [3.8, 4) is 22.6 Å². The average Bonchev–Trinajstić information content (AvgIpc) is 2.83. The first-order valence-electron chi connectivity index (χ1n) is 11.4. The van der Waals surface area contributed by atoms with Gasteiger partial charge in [-0.1, -0.05) is 23.7 Å². The Morgan fingerprint density at radius 1 is 0.914 bits per heavy atom. The zero-order valence-corrected chi connectivity index (χ0v) is 21.8. The molecule has 1 aliphatic rings. The van der Waals surface area contributed by atoms with Crippen molar-refractivity contribution in [2.75, 3.05) is 36.9 Å². The van der Waals surface area contributed by atoms with Crippen molar-refractivity contribution in [1.29, 1.82) is 0 Å². The first-order chi connectivity index (χ1) is 16.7. The van der Waals surface area contributed by atoms with Crippen molar-refractivity contribution in [3.05, 3.63) is 65.7 Å². The highest BCUT2D eigenvalue weighted by atomic mass is 35.5. The molecule has 35 heavy (non-hydrogen) atoms. The van der Waals surface area contributed by atoms with Gasteiger partial charge >= 0.3 is 0 Å². The van der Waals surface area contributed by atoms with Crippen molar-refractivity contribution in [1.82, 2.24) is 5.32 Å². The molecule has 0 aliphatic carbocycles. The molecule has 186 valence electrons. The Morgan fingerprint density at radius 2 is 1.54 bits per heavy atom. The zero-order chi connectivity index (χ0) is 25.2. The molecule has 3 aromatic rings. The third kappa shape index (κ3) is 5.66. The molecule has 9 heteroatoms. The van der Waals surface area contributed by atoms with Gasteiger partial charge in [0.05, 0.1) is 24.8 Å².